The van der Waals surface area contributed by atoms with Gasteiger partial charge in [0.05, 0.1) is 39.9 Å². The van der Waals surface area contributed by atoms with E-state index < -0.39 is 20.0 Å². The number of phosphoric acid groups is 1. The van der Waals surface area contributed by atoms with Crippen molar-refractivity contribution < 1.29 is 32.9 Å². The summed E-state index contributed by atoms with van der Waals surface area (Å²) in [7, 11) is 1.61. The summed E-state index contributed by atoms with van der Waals surface area (Å²) in [5, 5.41) is 13.6. The number of aliphatic hydroxyl groups excluding tert-OH is 1. The fourth-order valence-electron chi connectivity index (χ4n) is 5.14. The van der Waals surface area contributed by atoms with Gasteiger partial charge in [0.25, 0.3) is 0 Å². The molecular weight excluding hydrogens is 563 g/mol. The number of hydrogen-bond acceptors (Lipinski definition) is 5. The molecule has 0 aliphatic rings. The molecule has 0 saturated carbocycles. The van der Waals surface area contributed by atoms with Crippen LogP contribution in [-0.4, -0.2) is 73.4 Å². The summed E-state index contributed by atoms with van der Waals surface area (Å²) in [4.78, 5) is 22.4. The topological polar surface area (TPSA) is 105 Å². The Kier molecular flexibility index (Phi) is 27.5. The van der Waals surface area contributed by atoms with Gasteiger partial charge in [-0.05, 0) is 12.8 Å². The van der Waals surface area contributed by atoms with Crippen molar-refractivity contribution in [1.29, 1.82) is 0 Å². The minimum Gasteiger partial charge on any atom is -0.391 e. The number of phosphoric ester groups is 1. The molecular formula is C34H72N2O6P+. The van der Waals surface area contributed by atoms with Gasteiger partial charge in [-0.1, -0.05) is 142 Å². The third-order valence-corrected chi connectivity index (χ3v) is 9.09. The molecule has 0 radical (unpaired) electrons. The molecule has 0 bridgehead atoms. The molecule has 3 unspecified atom stereocenters. The van der Waals surface area contributed by atoms with Gasteiger partial charge in [0.1, 0.15) is 13.2 Å². The summed E-state index contributed by atoms with van der Waals surface area (Å²) in [5.41, 5.74) is 0. The van der Waals surface area contributed by atoms with Crippen LogP contribution in [-0.2, 0) is 18.4 Å². The van der Waals surface area contributed by atoms with Crippen LogP contribution in [0, 0.1) is 0 Å². The SMILES string of the molecule is CCCCCCCCCCCCCCCCCCCCCC(O)C(COP(=O)(O)OCC[N+](C)(C)C)NC(=O)CCCC. The predicted octanol–water partition coefficient (Wildman–Crippen LogP) is 8.68. The molecule has 258 valence electrons. The first-order valence-electron chi connectivity index (χ1n) is 17.9. The average Bonchev–Trinajstić information content (AvgIpc) is 2.94. The highest BCUT2D eigenvalue weighted by Gasteiger charge is 2.28. The Hall–Kier alpha value is -0.500. The highest BCUT2D eigenvalue weighted by atomic mass is 31.2. The van der Waals surface area contributed by atoms with Gasteiger partial charge in [0.2, 0.25) is 5.91 Å². The van der Waals surface area contributed by atoms with Gasteiger partial charge in [0.15, 0.2) is 0 Å². The standard InChI is InChI=1S/C34H71N2O6P/c1-6-8-10-11-12-13-14-15-16-17-18-19-20-21-22-23-24-25-26-27-33(37)32(35-34(38)28-9-7-2)31-42-43(39,40)41-30-29-36(3,4)5/h32-33,37H,6-31H2,1-5H3,(H-,35,38,39,40)/p+1. The summed E-state index contributed by atoms with van der Waals surface area (Å²) in [6.07, 6.45) is 26.6. The lowest BCUT2D eigenvalue weighted by Crippen LogP contribution is -2.46. The number of carbonyl (C=O) groups is 1. The molecule has 9 heteroatoms. The van der Waals surface area contributed by atoms with Crippen molar-refractivity contribution in [3.05, 3.63) is 0 Å². The lowest BCUT2D eigenvalue weighted by molar-refractivity contribution is -0.870. The molecule has 0 fully saturated rings. The second-order valence-corrected chi connectivity index (χ2v) is 15.1. The fourth-order valence-corrected chi connectivity index (χ4v) is 5.88. The van der Waals surface area contributed by atoms with Gasteiger partial charge in [-0.25, -0.2) is 4.57 Å². The lowest BCUT2D eigenvalue weighted by atomic mass is 10.0. The van der Waals surface area contributed by atoms with Crippen molar-refractivity contribution in [2.75, 3.05) is 40.9 Å². The van der Waals surface area contributed by atoms with Crippen molar-refractivity contribution in [1.82, 2.24) is 5.32 Å². The van der Waals surface area contributed by atoms with E-state index in [1.807, 2.05) is 28.1 Å². The molecule has 0 aromatic carbocycles. The summed E-state index contributed by atoms with van der Waals surface area (Å²) in [5.74, 6) is -0.179. The van der Waals surface area contributed by atoms with E-state index in [4.69, 9.17) is 9.05 Å². The second-order valence-electron chi connectivity index (χ2n) is 13.6. The normalized spacial score (nSPS) is 14.9. The minimum absolute atomic E-state index is 0.0761. The molecule has 0 heterocycles. The number of likely N-dealkylation sites (N-methyl/N-ethyl adjacent to an activating group) is 1. The predicted molar refractivity (Wildman–Crippen MR) is 180 cm³/mol. The number of nitrogens with one attached hydrogen (secondary N) is 1. The third-order valence-electron chi connectivity index (χ3n) is 8.11. The van der Waals surface area contributed by atoms with Crippen molar-refractivity contribution >= 4 is 13.7 Å². The zero-order valence-corrected chi connectivity index (χ0v) is 29.9. The first-order chi connectivity index (χ1) is 20.5. The molecule has 0 aromatic heterocycles. The van der Waals surface area contributed by atoms with Crippen molar-refractivity contribution in [2.24, 2.45) is 0 Å². The molecule has 0 rings (SSSR count). The maximum Gasteiger partial charge on any atom is 0.472 e. The first-order valence-corrected chi connectivity index (χ1v) is 19.4. The molecule has 0 aliphatic carbocycles. The Morgan fingerprint density at radius 3 is 1.53 bits per heavy atom. The van der Waals surface area contributed by atoms with Crippen LogP contribution in [0.25, 0.3) is 0 Å². The molecule has 3 atom stereocenters. The van der Waals surface area contributed by atoms with Crippen molar-refractivity contribution in [3.63, 3.8) is 0 Å². The molecule has 0 spiro atoms. The minimum atomic E-state index is -4.28. The van der Waals surface area contributed by atoms with Crippen molar-refractivity contribution in [2.45, 2.75) is 174 Å². The second kappa shape index (κ2) is 27.8. The Morgan fingerprint density at radius 1 is 0.698 bits per heavy atom. The summed E-state index contributed by atoms with van der Waals surface area (Å²) >= 11 is 0. The van der Waals surface area contributed by atoms with Crippen LogP contribution >= 0.6 is 7.82 Å². The first kappa shape index (κ1) is 42.5. The molecule has 43 heavy (non-hydrogen) atoms. The molecule has 8 nitrogen and oxygen atoms in total. The smallest absolute Gasteiger partial charge is 0.391 e. The number of quaternary nitrogens is 1. The van der Waals surface area contributed by atoms with E-state index in [-0.39, 0.29) is 19.1 Å². The zero-order valence-electron chi connectivity index (χ0n) is 29.0. The third kappa shape index (κ3) is 29.9. The van der Waals surface area contributed by atoms with E-state index in [1.54, 1.807) is 0 Å². The van der Waals surface area contributed by atoms with E-state index in [0.717, 1.165) is 32.1 Å². The number of nitrogens with zero attached hydrogens (tertiary/aromatic N) is 1. The van der Waals surface area contributed by atoms with Crippen LogP contribution in [0.1, 0.15) is 162 Å². The van der Waals surface area contributed by atoms with Crippen LogP contribution in [0.5, 0.6) is 0 Å². The van der Waals surface area contributed by atoms with Gasteiger partial charge < -0.3 is 19.8 Å². The van der Waals surface area contributed by atoms with E-state index in [0.29, 0.717) is 23.9 Å². The largest absolute Gasteiger partial charge is 0.472 e. The number of amides is 1. The Labute approximate surface area is 266 Å². The Bertz CT molecular complexity index is 688. The van der Waals surface area contributed by atoms with Crippen LogP contribution in [0.2, 0.25) is 0 Å². The molecule has 0 saturated heterocycles. The molecule has 0 aliphatic heterocycles. The Balaban J connectivity index is 4.03. The van der Waals surface area contributed by atoms with Crippen LogP contribution in [0.4, 0.5) is 0 Å². The average molecular weight is 636 g/mol. The van der Waals surface area contributed by atoms with E-state index >= 15 is 0 Å². The number of hydrogen-bond donors (Lipinski definition) is 3. The van der Waals surface area contributed by atoms with E-state index in [9.17, 15) is 19.4 Å². The van der Waals surface area contributed by atoms with Gasteiger partial charge in [-0.15, -0.1) is 0 Å². The fraction of sp³-hybridized carbons (Fsp3) is 0.971. The Morgan fingerprint density at radius 2 is 1.12 bits per heavy atom. The number of aliphatic hydroxyl groups is 1. The van der Waals surface area contributed by atoms with Crippen LogP contribution < -0.4 is 5.32 Å². The number of unbranched alkanes of at least 4 members (excludes halogenated alkanes) is 19. The van der Waals surface area contributed by atoms with Crippen LogP contribution in [0.3, 0.4) is 0 Å². The highest BCUT2D eigenvalue weighted by molar-refractivity contribution is 7.47. The van der Waals surface area contributed by atoms with Gasteiger partial charge in [-0.3, -0.25) is 13.8 Å². The zero-order chi connectivity index (χ0) is 32.2. The maximum atomic E-state index is 12.3. The number of carbonyl (C=O) groups excluding carboxylic acids is 1. The maximum absolute atomic E-state index is 12.3. The monoisotopic (exact) mass is 636 g/mol. The van der Waals surface area contributed by atoms with E-state index in [2.05, 4.69) is 12.2 Å². The molecule has 3 N–H and O–H groups in total. The summed E-state index contributed by atoms with van der Waals surface area (Å²) in [6.45, 7) is 4.65. The van der Waals surface area contributed by atoms with Gasteiger partial charge in [0, 0.05) is 6.42 Å². The highest BCUT2D eigenvalue weighted by Crippen LogP contribution is 2.43. The lowest BCUT2D eigenvalue weighted by Gasteiger charge is -2.26. The molecule has 0 aromatic rings. The van der Waals surface area contributed by atoms with Crippen molar-refractivity contribution in [3.8, 4) is 0 Å². The van der Waals surface area contributed by atoms with Crippen LogP contribution in [0.15, 0.2) is 0 Å². The summed E-state index contributed by atoms with van der Waals surface area (Å²) in [6, 6.07) is -0.748. The number of rotatable bonds is 32. The summed E-state index contributed by atoms with van der Waals surface area (Å²) < 4.78 is 23.2. The van der Waals surface area contributed by atoms with E-state index in [1.165, 1.54) is 103 Å². The van der Waals surface area contributed by atoms with Gasteiger partial charge in [-0.2, -0.15) is 0 Å². The van der Waals surface area contributed by atoms with Gasteiger partial charge >= 0.3 is 7.82 Å². The quantitative estimate of drug-likeness (QED) is 0.0388. The molecule has 1 amide bonds.